The summed E-state index contributed by atoms with van der Waals surface area (Å²) < 4.78 is 45.5. The van der Waals surface area contributed by atoms with Crippen molar-refractivity contribution in [3.05, 3.63) is 69.9 Å². The van der Waals surface area contributed by atoms with Gasteiger partial charge in [0.1, 0.15) is 11.3 Å². The first kappa shape index (κ1) is 22.3. The Balaban J connectivity index is 1.99. The van der Waals surface area contributed by atoms with Crippen LogP contribution in [0.5, 0.6) is 11.6 Å². The highest BCUT2D eigenvalue weighted by atomic mass is 19.4. The number of carbonyl (C=O) groups is 2. The maximum absolute atomic E-state index is 13.2. The van der Waals surface area contributed by atoms with Gasteiger partial charge in [0, 0.05) is 5.56 Å². The Hall–Kier alpha value is -3.88. The van der Waals surface area contributed by atoms with E-state index in [1.54, 1.807) is 13.8 Å². The van der Waals surface area contributed by atoms with E-state index in [0.29, 0.717) is 28.3 Å². The van der Waals surface area contributed by atoms with Gasteiger partial charge in [0.25, 0.3) is 5.91 Å². The summed E-state index contributed by atoms with van der Waals surface area (Å²) in [7, 11) is 0. The monoisotopic (exact) mass is 456 g/mol. The number of anilines is 1. The molecule has 0 unspecified atom stereocenters. The number of aromatic nitrogens is 1. The van der Waals surface area contributed by atoms with E-state index < -0.39 is 29.6 Å². The number of halogens is 3. The molecule has 4 rings (SSSR count). The van der Waals surface area contributed by atoms with Crippen LogP contribution in [-0.4, -0.2) is 22.0 Å². The van der Waals surface area contributed by atoms with E-state index in [1.807, 2.05) is 31.2 Å². The highest BCUT2D eigenvalue weighted by Crippen LogP contribution is 2.46. The predicted octanol–water partition coefficient (Wildman–Crippen LogP) is 5.68. The Morgan fingerprint density at radius 3 is 2.33 bits per heavy atom. The van der Waals surface area contributed by atoms with Crippen LogP contribution >= 0.6 is 0 Å². The van der Waals surface area contributed by atoms with Crippen LogP contribution in [0.25, 0.3) is 11.1 Å². The van der Waals surface area contributed by atoms with E-state index in [2.05, 4.69) is 10.3 Å². The zero-order valence-corrected chi connectivity index (χ0v) is 17.9. The lowest BCUT2D eigenvalue weighted by Gasteiger charge is -2.22. The summed E-state index contributed by atoms with van der Waals surface area (Å²) in [4.78, 5) is 28.0. The number of benzene rings is 2. The molecule has 0 fully saturated rings. The van der Waals surface area contributed by atoms with Gasteiger partial charge in [-0.05, 0) is 55.2 Å². The van der Waals surface area contributed by atoms with Crippen molar-refractivity contribution in [2.45, 2.75) is 33.4 Å². The van der Waals surface area contributed by atoms with Crippen molar-refractivity contribution >= 4 is 17.6 Å². The van der Waals surface area contributed by atoms with Crippen LogP contribution in [-0.2, 0) is 17.4 Å². The molecule has 170 valence electrons. The summed E-state index contributed by atoms with van der Waals surface area (Å²) in [5, 5.41) is 12.2. The first-order valence-electron chi connectivity index (χ1n) is 9.99. The first-order valence-corrected chi connectivity index (χ1v) is 9.99. The molecule has 0 spiro atoms. The van der Waals surface area contributed by atoms with E-state index in [-0.39, 0.29) is 23.4 Å². The first-order chi connectivity index (χ1) is 15.5. The molecule has 0 saturated carbocycles. The van der Waals surface area contributed by atoms with Crippen LogP contribution in [0.1, 0.15) is 38.3 Å². The Bertz CT molecular complexity index is 1300. The molecule has 1 amide bonds. The molecule has 0 aliphatic carbocycles. The average Bonchev–Trinajstić information content (AvgIpc) is 2.88. The number of ether oxygens (including phenoxy) is 1. The standard InChI is InChI=1S/C24H19F3N2O4/c1-11-4-6-14(7-5-11)19-13(3)21-20(12(2)16(19)10-18(30)31)29-22(32)15-8-9-17(24(25,26)27)28-23(15)33-21/h4-9H,10H2,1-3H3,(H,29,32)(H,30,31). The average molecular weight is 456 g/mol. The Morgan fingerprint density at radius 2 is 1.73 bits per heavy atom. The number of carbonyl (C=O) groups excluding carboxylic acids is 1. The van der Waals surface area contributed by atoms with Crippen molar-refractivity contribution in [3.63, 3.8) is 0 Å². The second kappa shape index (κ2) is 7.91. The topological polar surface area (TPSA) is 88.5 Å². The summed E-state index contributed by atoms with van der Waals surface area (Å²) >= 11 is 0. The predicted molar refractivity (Wildman–Crippen MR) is 115 cm³/mol. The number of hydrogen-bond donors (Lipinski definition) is 2. The summed E-state index contributed by atoms with van der Waals surface area (Å²) in [6.07, 6.45) is -5.03. The smallest absolute Gasteiger partial charge is 0.433 e. The number of carboxylic acids is 1. The molecule has 0 atom stereocenters. The second-order valence-corrected chi connectivity index (χ2v) is 7.85. The van der Waals surface area contributed by atoms with Crippen molar-refractivity contribution in [2.24, 2.45) is 0 Å². The number of fused-ring (bicyclic) bond motifs is 2. The molecule has 1 aliphatic heterocycles. The van der Waals surface area contributed by atoms with Crippen molar-refractivity contribution in [3.8, 4) is 22.8 Å². The third-order valence-electron chi connectivity index (χ3n) is 5.57. The minimum absolute atomic E-state index is 0.121. The fraction of sp³-hybridized carbons (Fsp3) is 0.208. The quantitative estimate of drug-likeness (QED) is 0.530. The minimum atomic E-state index is -4.71. The summed E-state index contributed by atoms with van der Waals surface area (Å²) in [5.74, 6) is -2.11. The number of aliphatic carboxylic acids is 1. The molecule has 0 radical (unpaired) electrons. The molecule has 0 bridgehead atoms. The van der Waals surface area contributed by atoms with E-state index in [9.17, 15) is 27.9 Å². The lowest BCUT2D eigenvalue weighted by molar-refractivity contribution is -0.141. The number of nitrogens with zero attached hydrogens (tertiary/aromatic N) is 1. The van der Waals surface area contributed by atoms with Crippen LogP contribution in [0.2, 0.25) is 0 Å². The number of alkyl halides is 3. The number of pyridine rings is 1. The molecule has 1 aromatic heterocycles. The number of aryl methyl sites for hydroxylation is 1. The highest BCUT2D eigenvalue weighted by molar-refractivity contribution is 6.09. The molecule has 9 heteroatoms. The Labute approximate surface area is 187 Å². The number of rotatable bonds is 3. The molecule has 2 aromatic carbocycles. The molecular weight excluding hydrogens is 437 g/mol. The summed E-state index contributed by atoms with van der Waals surface area (Å²) in [5.41, 5.74) is 2.56. The van der Waals surface area contributed by atoms with Gasteiger partial charge in [-0.15, -0.1) is 0 Å². The van der Waals surface area contributed by atoms with Crippen molar-refractivity contribution in [1.29, 1.82) is 0 Å². The van der Waals surface area contributed by atoms with E-state index >= 15 is 0 Å². The third-order valence-corrected chi connectivity index (χ3v) is 5.57. The minimum Gasteiger partial charge on any atom is -0.481 e. The van der Waals surface area contributed by atoms with E-state index in [4.69, 9.17) is 4.74 Å². The lowest BCUT2D eigenvalue weighted by atomic mass is 9.88. The third kappa shape index (κ3) is 4.02. The largest absolute Gasteiger partial charge is 0.481 e. The SMILES string of the molecule is Cc1ccc(-c2c(C)c3c(c(C)c2CC(=O)O)NC(=O)c2ccc(C(F)(F)F)nc2O3)cc1. The molecule has 33 heavy (non-hydrogen) atoms. The molecular formula is C24H19F3N2O4. The maximum atomic E-state index is 13.2. The lowest BCUT2D eigenvalue weighted by Crippen LogP contribution is -2.15. The van der Waals surface area contributed by atoms with Crippen molar-refractivity contribution < 1.29 is 32.6 Å². The van der Waals surface area contributed by atoms with Gasteiger partial charge in [-0.1, -0.05) is 29.8 Å². The van der Waals surface area contributed by atoms with Crippen LogP contribution in [0.4, 0.5) is 18.9 Å². The fourth-order valence-corrected chi connectivity index (χ4v) is 3.92. The van der Waals surface area contributed by atoms with E-state index in [1.165, 1.54) is 0 Å². The normalized spacial score (nSPS) is 12.8. The van der Waals surface area contributed by atoms with Crippen LogP contribution in [0, 0.1) is 20.8 Å². The van der Waals surface area contributed by atoms with Crippen molar-refractivity contribution in [2.75, 3.05) is 5.32 Å². The van der Waals surface area contributed by atoms with Gasteiger partial charge in [0.2, 0.25) is 5.88 Å². The Morgan fingerprint density at radius 1 is 1.06 bits per heavy atom. The van der Waals surface area contributed by atoms with Gasteiger partial charge in [0.15, 0.2) is 5.75 Å². The summed E-state index contributed by atoms with van der Waals surface area (Å²) in [6, 6.07) is 9.13. The maximum Gasteiger partial charge on any atom is 0.433 e. The van der Waals surface area contributed by atoms with E-state index in [0.717, 1.165) is 17.2 Å². The van der Waals surface area contributed by atoms with Gasteiger partial charge in [-0.3, -0.25) is 9.59 Å². The molecule has 6 nitrogen and oxygen atoms in total. The van der Waals surface area contributed by atoms with Gasteiger partial charge >= 0.3 is 12.1 Å². The summed E-state index contributed by atoms with van der Waals surface area (Å²) in [6.45, 7) is 5.22. The number of carboxylic acid groups (broad SMARTS) is 1. The van der Waals surface area contributed by atoms with Crippen LogP contribution in [0.15, 0.2) is 36.4 Å². The van der Waals surface area contributed by atoms with Crippen LogP contribution in [0.3, 0.4) is 0 Å². The number of nitrogens with one attached hydrogen (secondary N) is 1. The van der Waals surface area contributed by atoms with Crippen LogP contribution < -0.4 is 10.1 Å². The molecule has 0 saturated heterocycles. The molecule has 1 aliphatic rings. The Kier molecular flexibility index (Phi) is 5.35. The van der Waals surface area contributed by atoms with Gasteiger partial charge in [-0.2, -0.15) is 13.2 Å². The molecule has 3 aromatic rings. The fourth-order valence-electron chi connectivity index (χ4n) is 3.92. The number of amides is 1. The molecule has 2 heterocycles. The van der Waals surface area contributed by atoms with Crippen molar-refractivity contribution in [1.82, 2.24) is 4.98 Å². The zero-order chi connectivity index (χ0) is 24.1. The van der Waals surface area contributed by atoms with Gasteiger partial charge in [0.05, 0.1) is 12.1 Å². The molecule has 2 N–H and O–H groups in total. The van der Waals surface area contributed by atoms with Gasteiger partial charge < -0.3 is 15.2 Å². The highest BCUT2D eigenvalue weighted by Gasteiger charge is 2.36. The van der Waals surface area contributed by atoms with Gasteiger partial charge in [-0.25, -0.2) is 4.98 Å². The second-order valence-electron chi connectivity index (χ2n) is 7.85. The zero-order valence-electron chi connectivity index (χ0n) is 17.9. The number of hydrogen-bond acceptors (Lipinski definition) is 4.